The predicted molar refractivity (Wildman–Crippen MR) is 81.7 cm³/mol. The maximum absolute atomic E-state index is 6.06. The molecule has 1 fully saturated rings. The Hall–Kier alpha value is -1.40. The van der Waals surface area contributed by atoms with Gasteiger partial charge in [0.1, 0.15) is 12.2 Å². The van der Waals surface area contributed by atoms with Crippen molar-refractivity contribution in [2.45, 2.75) is 25.3 Å². The van der Waals surface area contributed by atoms with Crippen LogP contribution in [0.25, 0.3) is 11.2 Å². The molecule has 0 unspecified atom stereocenters. The number of methoxy groups -OCH3 is 1. The van der Waals surface area contributed by atoms with E-state index in [1.165, 1.54) is 19.2 Å². The van der Waals surface area contributed by atoms with Crippen molar-refractivity contribution in [1.82, 2.24) is 24.4 Å². The minimum absolute atomic E-state index is 0.367. The van der Waals surface area contributed by atoms with Crippen LogP contribution in [0.4, 0.5) is 0 Å². The Morgan fingerprint density at radius 1 is 1.33 bits per heavy atom. The fraction of sp³-hybridized carbons (Fsp3) is 0.643. The quantitative estimate of drug-likeness (QED) is 0.808. The smallest absolute Gasteiger partial charge is 0.245 e. The topological polar surface area (TPSA) is 56.1 Å². The van der Waals surface area contributed by atoms with Crippen LogP contribution >= 0.6 is 11.6 Å². The fourth-order valence-electron chi connectivity index (χ4n) is 2.91. The van der Waals surface area contributed by atoms with E-state index in [9.17, 15) is 0 Å². The largest absolute Gasteiger partial charge is 0.479 e. The van der Waals surface area contributed by atoms with Gasteiger partial charge < -0.3 is 14.2 Å². The highest BCUT2D eigenvalue weighted by Gasteiger charge is 2.21. The standard InChI is InChI=1S/C14H20ClN5O/c1-19-5-3-10(4-6-19)8-20-11(7-15)18-12-13(20)16-9-17-14(12)21-2/h9-10H,3-8H2,1-2H3. The van der Waals surface area contributed by atoms with E-state index in [4.69, 9.17) is 16.3 Å². The van der Waals surface area contributed by atoms with Gasteiger partial charge >= 0.3 is 0 Å². The summed E-state index contributed by atoms with van der Waals surface area (Å²) >= 11 is 6.06. The van der Waals surface area contributed by atoms with Gasteiger partial charge in [0.15, 0.2) is 11.2 Å². The Balaban J connectivity index is 1.93. The van der Waals surface area contributed by atoms with E-state index in [1.54, 1.807) is 7.11 Å². The van der Waals surface area contributed by atoms with Crippen molar-refractivity contribution in [3.8, 4) is 5.88 Å². The van der Waals surface area contributed by atoms with Crippen LogP contribution in [-0.4, -0.2) is 51.7 Å². The molecule has 2 aromatic rings. The van der Waals surface area contributed by atoms with Gasteiger partial charge in [0, 0.05) is 6.54 Å². The highest BCUT2D eigenvalue weighted by molar-refractivity contribution is 6.16. The van der Waals surface area contributed by atoms with E-state index in [0.717, 1.165) is 31.1 Å². The molecule has 6 nitrogen and oxygen atoms in total. The molecular weight excluding hydrogens is 290 g/mol. The summed E-state index contributed by atoms with van der Waals surface area (Å²) in [6.45, 7) is 3.20. The first-order valence-electron chi connectivity index (χ1n) is 7.21. The average Bonchev–Trinajstić information content (AvgIpc) is 2.87. The molecule has 3 rings (SSSR count). The zero-order valence-corrected chi connectivity index (χ0v) is 13.2. The molecule has 0 radical (unpaired) electrons. The molecule has 0 N–H and O–H groups in total. The lowest BCUT2D eigenvalue weighted by atomic mass is 9.97. The van der Waals surface area contributed by atoms with Crippen LogP contribution < -0.4 is 4.74 Å². The minimum atomic E-state index is 0.367. The number of hydrogen-bond donors (Lipinski definition) is 0. The molecule has 1 saturated heterocycles. The number of hydrogen-bond acceptors (Lipinski definition) is 5. The van der Waals surface area contributed by atoms with Gasteiger partial charge in [-0.15, -0.1) is 11.6 Å². The zero-order chi connectivity index (χ0) is 14.8. The van der Waals surface area contributed by atoms with Gasteiger partial charge in [0.2, 0.25) is 5.88 Å². The number of imidazole rings is 1. The van der Waals surface area contributed by atoms with E-state index in [0.29, 0.717) is 23.2 Å². The van der Waals surface area contributed by atoms with Gasteiger partial charge in [-0.25, -0.2) is 9.97 Å². The molecule has 1 aliphatic rings. The zero-order valence-electron chi connectivity index (χ0n) is 12.4. The molecule has 0 saturated carbocycles. The average molecular weight is 310 g/mol. The van der Waals surface area contributed by atoms with E-state index < -0.39 is 0 Å². The molecule has 7 heteroatoms. The number of fused-ring (bicyclic) bond motifs is 1. The first-order chi connectivity index (χ1) is 10.2. The van der Waals surface area contributed by atoms with Crippen molar-refractivity contribution >= 4 is 22.8 Å². The third-order valence-electron chi connectivity index (χ3n) is 4.17. The van der Waals surface area contributed by atoms with E-state index in [2.05, 4.69) is 31.5 Å². The second-order valence-corrected chi connectivity index (χ2v) is 5.84. The molecule has 0 bridgehead atoms. The predicted octanol–water partition coefficient (Wildman–Crippen LogP) is 1.92. The number of alkyl halides is 1. The van der Waals surface area contributed by atoms with Gasteiger partial charge in [0.05, 0.1) is 13.0 Å². The number of piperidine rings is 1. The molecule has 0 atom stereocenters. The number of halogens is 1. The van der Waals surface area contributed by atoms with Crippen molar-refractivity contribution in [3.63, 3.8) is 0 Å². The van der Waals surface area contributed by atoms with Crippen molar-refractivity contribution < 1.29 is 4.74 Å². The van der Waals surface area contributed by atoms with E-state index >= 15 is 0 Å². The molecular formula is C14H20ClN5O. The maximum Gasteiger partial charge on any atom is 0.245 e. The third kappa shape index (κ3) is 2.82. The Kier molecular flexibility index (Phi) is 4.26. The number of nitrogens with zero attached hydrogens (tertiary/aromatic N) is 5. The molecule has 3 heterocycles. The van der Waals surface area contributed by atoms with Crippen molar-refractivity contribution in [3.05, 3.63) is 12.2 Å². The van der Waals surface area contributed by atoms with Crippen LogP contribution in [0, 0.1) is 5.92 Å². The summed E-state index contributed by atoms with van der Waals surface area (Å²) in [5.74, 6) is 2.35. The highest BCUT2D eigenvalue weighted by Crippen LogP contribution is 2.26. The number of likely N-dealkylation sites (tertiary alicyclic amines) is 1. The molecule has 0 spiro atoms. The molecule has 0 aromatic carbocycles. The Morgan fingerprint density at radius 2 is 2.10 bits per heavy atom. The molecule has 1 aliphatic heterocycles. The Morgan fingerprint density at radius 3 is 2.76 bits per heavy atom. The molecule has 21 heavy (non-hydrogen) atoms. The normalized spacial score (nSPS) is 17.5. The number of aromatic nitrogens is 4. The van der Waals surface area contributed by atoms with Gasteiger partial charge in [-0.3, -0.25) is 0 Å². The van der Waals surface area contributed by atoms with Gasteiger partial charge in [-0.05, 0) is 38.9 Å². The summed E-state index contributed by atoms with van der Waals surface area (Å²) in [5, 5.41) is 0. The van der Waals surface area contributed by atoms with Crippen LogP contribution in [-0.2, 0) is 12.4 Å². The lowest BCUT2D eigenvalue weighted by molar-refractivity contribution is 0.205. The van der Waals surface area contributed by atoms with Crippen molar-refractivity contribution in [2.24, 2.45) is 5.92 Å². The SMILES string of the molecule is COc1ncnc2c1nc(CCl)n2CC1CCN(C)CC1. The molecule has 2 aromatic heterocycles. The monoisotopic (exact) mass is 309 g/mol. The summed E-state index contributed by atoms with van der Waals surface area (Å²) in [4.78, 5) is 15.4. The highest BCUT2D eigenvalue weighted by atomic mass is 35.5. The van der Waals surface area contributed by atoms with E-state index in [1.807, 2.05) is 0 Å². The summed E-state index contributed by atoms with van der Waals surface area (Å²) in [6.07, 6.45) is 3.91. The lowest BCUT2D eigenvalue weighted by Crippen LogP contribution is -2.32. The Bertz CT molecular complexity index is 621. The first-order valence-corrected chi connectivity index (χ1v) is 7.75. The van der Waals surface area contributed by atoms with Crippen LogP contribution in [0.1, 0.15) is 18.7 Å². The summed E-state index contributed by atoms with van der Waals surface area (Å²) in [6, 6.07) is 0. The second-order valence-electron chi connectivity index (χ2n) is 5.57. The van der Waals surface area contributed by atoms with Crippen LogP contribution in [0.5, 0.6) is 5.88 Å². The molecule has 0 aliphatic carbocycles. The number of rotatable bonds is 4. The summed E-state index contributed by atoms with van der Waals surface area (Å²) in [7, 11) is 3.77. The summed E-state index contributed by atoms with van der Waals surface area (Å²) < 4.78 is 7.40. The molecule has 114 valence electrons. The number of ether oxygens (including phenoxy) is 1. The van der Waals surface area contributed by atoms with Crippen LogP contribution in [0.2, 0.25) is 0 Å². The lowest BCUT2D eigenvalue weighted by Gasteiger charge is -2.29. The van der Waals surface area contributed by atoms with Gasteiger partial charge in [-0.2, -0.15) is 4.98 Å². The maximum atomic E-state index is 6.06. The Labute approximate surface area is 129 Å². The van der Waals surface area contributed by atoms with E-state index in [-0.39, 0.29) is 0 Å². The first kappa shape index (κ1) is 14.5. The second kappa shape index (κ2) is 6.15. The minimum Gasteiger partial charge on any atom is -0.479 e. The van der Waals surface area contributed by atoms with Gasteiger partial charge in [-0.1, -0.05) is 0 Å². The van der Waals surface area contributed by atoms with Gasteiger partial charge in [0.25, 0.3) is 0 Å². The van der Waals surface area contributed by atoms with Crippen molar-refractivity contribution in [2.75, 3.05) is 27.2 Å². The van der Waals surface area contributed by atoms with Crippen LogP contribution in [0.3, 0.4) is 0 Å². The van der Waals surface area contributed by atoms with Crippen LogP contribution in [0.15, 0.2) is 6.33 Å². The van der Waals surface area contributed by atoms with Crippen molar-refractivity contribution in [1.29, 1.82) is 0 Å². The summed E-state index contributed by atoms with van der Waals surface area (Å²) in [5.41, 5.74) is 1.51. The molecule has 0 amide bonds. The third-order valence-corrected chi connectivity index (χ3v) is 4.41. The fourth-order valence-corrected chi connectivity index (χ4v) is 3.11.